The molecule has 0 amide bonds. The lowest BCUT2D eigenvalue weighted by atomic mass is 10.2. The van der Waals surface area contributed by atoms with Crippen molar-refractivity contribution in [3.8, 4) is 5.75 Å². The first kappa shape index (κ1) is 16.4. The minimum absolute atomic E-state index is 0.0920. The fourth-order valence-electron chi connectivity index (χ4n) is 1.65. The summed E-state index contributed by atoms with van der Waals surface area (Å²) in [7, 11) is 0. The van der Waals surface area contributed by atoms with Crippen molar-refractivity contribution in [2.24, 2.45) is 10.8 Å². The quantitative estimate of drug-likeness (QED) is 0.473. The van der Waals surface area contributed by atoms with Crippen molar-refractivity contribution in [3.63, 3.8) is 0 Å². The monoisotopic (exact) mass is 381 g/mol. The number of hydrazone groups is 1. The Morgan fingerprint density at radius 2 is 2.18 bits per heavy atom. The van der Waals surface area contributed by atoms with Crippen molar-refractivity contribution >= 4 is 39.5 Å². The van der Waals surface area contributed by atoms with E-state index in [0.29, 0.717) is 15.8 Å². The molecule has 0 radical (unpaired) electrons. The van der Waals surface area contributed by atoms with Crippen molar-refractivity contribution < 1.29 is 9.13 Å². The van der Waals surface area contributed by atoms with Crippen molar-refractivity contribution in [2.45, 2.75) is 6.61 Å². The topological polar surface area (TPSA) is 59.6 Å². The summed E-state index contributed by atoms with van der Waals surface area (Å²) in [6, 6.07) is 12.1. The van der Waals surface area contributed by atoms with E-state index >= 15 is 0 Å². The number of nitrogens with zero attached hydrogens (tertiary/aromatic N) is 1. The number of halogens is 2. The minimum atomic E-state index is -0.312. The van der Waals surface area contributed by atoms with Crippen molar-refractivity contribution in [2.75, 3.05) is 0 Å². The standard InChI is InChI=1S/C15H13BrFN3OS/c16-12-5-4-11(14(17)7-12)9-21-13-3-1-2-10(6-13)8-19-20-15(18)22/h1-8H,9H2,(H3,18,20,22). The zero-order valence-electron chi connectivity index (χ0n) is 11.4. The number of benzene rings is 2. The van der Waals surface area contributed by atoms with Gasteiger partial charge in [0.15, 0.2) is 5.11 Å². The Morgan fingerprint density at radius 1 is 1.36 bits per heavy atom. The average molecular weight is 382 g/mol. The third-order valence-electron chi connectivity index (χ3n) is 2.66. The van der Waals surface area contributed by atoms with Gasteiger partial charge in [-0.15, -0.1) is 0 Å². The van der Waals surface area contributed by atoms with Crippen LogP contribution in [0.5, 0.6) is 5.75 Å². The molecule has 0 heterocycles. The average Bonchev–Trinajstić information content (AvgIpc) is 2.46. The van der Waals surface area contributed by atoms with Gasteiger partial charge in [0.05, 0.1) is 6.21 Å². The van der Waals surface area contributed by atoms with E-state index < -0.39 is 0 Å². The third kappa shape index (κ3) is 5.09. The predicted molar refractivity (Wildman–Crippen MR) is 92.4 cm³/mol. The van der Waals surface area contributed by atoms with Gasteiger partial charge in [-0.2, -0.15) is 5.10 Å². The highest BCUT2D eigenvalue weighted by atomic mass is 79.9. The van der Waals surface area contributed by atoms with Gasteiger partial charge in [-0.3, -0.25) is 5.43 Å². The molecule has 2 aromatic carbocycles. The number of nitrogens with two attached hydrogens (primary N) is 1. The molecule has 2 rings (SSSR count). The van der Waals surface area contributed by atoms with Gasteiger partial charge in [0.25, 0.3) is 0 Å². The Labute approximate surface area is 141 Å². The summed E-state index contributed by atoms with van der Waals surface area (Å²) < 4.78 is 20.0. The molecule has 0 spiro atoms. The Morgan fingerprint density at radius 3 is 2.91 bits per heavy atom. The third-order valence-corrected chi connectivity index (χ3v) is 3.24. The van der Waals surface area contributed by atoms with Crippen LogP contribution in [-0.2, 0) is 6.61 Å². The second-order valence-corrected chi connectivity index (χ2v) is 5.69. The molecule has 0 fully saturated rings. The van der Waals surface area contributed by atoms with E-state index in [4.69, 9.17) is 10.5 Å². The van der Waals surface area contributed by atoms with E-state index in [0.717, 1.165) is 5.56 Å². The summed E-state index contributed by atoms with van der Waals surface area (Å²) in [6.45, 7) is 0.144. The van der Waals surface area contributed by atoms with Crippen LogP contribution >= 0.6 is 28.1 Å². The van der Waals surface area contributed by atoms with Crippen molar-refractivity contribution in [3.05, 3.63) is 63.9 Å². The molecule has 0 saturated carbocycles. The van der Waals surface area contributed by atoms with E-state index in [9.17, 15) is 4.39 Å². The summed E-state index contributed by atoms with van der Waals surface area (Å²) in [6.07, 6.45) is 1.56. The summed E-state index contributed by atoms with van der Waals surface area (Å²) in [5, 5.41) is 3.95. The highest BCUT2D eigenvalue weighted by molar-refractivity contribution is 9.10. The SMILES string of the molecule is NC(=S)NN=Cc1cccc(OCc2ccc(Br)cc2F)c1. The molecule has 114 valence electrons. The van der Waals surface area contributed by atoms with Crippen LogP contribution in [0, 0.1) is 5.82 Å². The molecule has 0 atom stereocenters. The van der Waals surface area contributed by atoms with Gasteiger partial charge >= 0.3 is 0 Å². The number of nitrogens with one attached hydrogen (secondary N) is 1. The number of ether oxygens (including phenoxy) is 1. The van der Waals surface area contributed by atoms with Crippen LogP contribution in [0.15, 0.2) is 52.0 Å². The van der Waals surface area contributed by atoms with E-state index in [2.05, 4.69) is 38.7 Å². The first-order valence-corrected chi connectivity index (χ1v) is 7.50. The van der Waals surface area contributed by atoms with Crippen LogP contribution in [0.2, 0.25) is 0 Å². The molecule has 0 aliphatic carbocycles. The van der Waals surface area contributed by atoms with Crippen LogP contribution in [0.1, 0.15) is 11.1 Å². The van der Waals surface area contributed by atoms with Crippen molar-refractivity contribution in [1.82, 2.24) is 5.43 Å². The van der Waals surface area contributed by atoms with E-state index in [1.165, 1.54) is 6.07 Å². The van der Waals surface area contributed by atoms with Crippen LogP contribution in [-0.4, -0.2) is 11.3 Å². The Kier molecular flexibility index (Phi) is 5.85. The van der Waals surface area contributed by atoms with Crippen LogP contribution < -0.4 is 15.9 Å². The van der Waals surface area contributed by atoms with Crippen LogP contribution in [0.25, 0.3) is 0 Å². The van der Waals surface area contributed by atoms with Gasteiger partial charge in [0, 0.05) is 10.0 Å². The summed E-state index contributed by atoms with van der Waals surface area (Å²) in [5.41, 5.74) is 9.02. The highest BCUT2D eigenvalue weighted by Gasteiger charge is 2.04. The Bertz CT molecular complexity index is 709. The second-order valence-electron chi connectivity index (χ2n) is 4.33. The molecule has 0 bridgehead atoms. The number of thiocarbonyl (C=S) groups is 1. The highest BCUT2D eigenvalue weighted by Crippen LogP contribution is 2.18. The molecule has 3 N–H and O–H groups in total. The van der Waals surface area contributed by atoms with Gasteiger partial charge < -0.3 is 10.5 Å². The van der Waals surface area contributed by atoms with Gasteiger partial charge in [-0.25, -0.2) is 4.39 Å². The van der Waals surface area contributed by atoms with Gasteiger partial charge in [-0.1, -0.05) is 34.1 Å². The van der Waals surface area contributed by atoms with Crippen LogP contribution in [0.4, 0.5) is 4.39 Å². The zero-order chi connectivity index (χ0) is 15.9. The first-order chi connectivity index (χ1) is 10.5. The minimum Gasteiger partial charge on any atom is -0.489 e. The van der Waals surface area contributed by atoms with Crippen molar-refractivity contribution in [1.29, 1.82) is 0 Å². The number of rotatable bonds is 5. The molecule has 0 aliphatic heterocycles. The molecular weight excluding hydrogens is 369 g/mol. The normalized spacial score (nSPS) is 10.6. The number of hydrogen-bond acceptors (Lipinski definition) is 3. The zero-order valence-corrected chi connectivity index (χ0v) is 13.8. The molecule has 22 heavy (non-hydrogen) atoms. The molecule has 2 aromatic rings. The van der Waals surface area contributed by atoms with Crippen LogP contribution in [0.3, 0.4) is 0 Å². The van der Waals surface area contributed by atoms with E-state index in [1.807, 2.05) is 12.1 Å². The molecule has 0 saturated heterocycles. The largest absolute Gasteiger partial charge is 0.489 e. The number of hydrogen-bond donors (Lipinski definition) is 2. The predicted octanol–water partition coefficient (Wildman–Crippen LogP) is 3.33. The summed E-state index contributed by atoms with van der Waals surface area (Å²) in [4.78, 5) is 0. The van der Waals surface area contributed by atoms with E-state index in [1.54, 1.807) is 30.5 Å². The molecule has 0 aliphatic rings. The lowest BCUT2D eigenvalue weighted by Crippen LogP contribution is -2.23. The molecule has 7 heteroatoms. The first-order valence-electron chi connectivity index (χ1n) is 6.30. The lowest BCUT2D eigenvalue weighted by molar-refractivity contribution is 0.300. The molecule has 0 unspecified atom stereocenters. The molecule has 4 nitrogen and oxygen atoms in total. The lowest BCUT2D eigenvalue weighted by Gasteiger charge is -2.08. The molecular formula is C15H13BrFN3OS. The van der Waals surface area contributed by atoms with Gasteiger partial charge in [0.1, 0.15) is 18.2 Å². The van der Waals surface area contributed by atoms with Gasteiger partial charge in [0.2, 0.25) is 0 Å². The summed E-state index contributed by atoms with van der Waals surface area (Å²) >= 11 is 7.86. The maximum Gasteiger partial charge on any atom is 0.184 e. The Balaban J connectivity index is 2.01. The maximum atomic E-state index is 13.7. The fraction of sp³-hybridized carbons (Fsp3) is 0.0667. The second kappa shape index (κ2) is 7.86. The van der Waals surface area contributed by atoms with Gasteiger partial charge in [-0.05, 0) is 42.0 Å². The van der Waals surface area contributed by atoms with E-state index in [-0.39, 0.29) is 17.5 Å². The fourth-order valence-corrected chi connectivity index (χ4v) is 2.04. The maximum absolute atomic E-state index is 13.7. The molecule has 0 aromatic heterocycles. The Hall–Kier alpha value is -1.99. The summed E-state index contributed by atoms with van der Waals surface area (Å²) in [5.74, 6) is 0.300. The smallest absolute Gasteiger partial charge is 0.184 e.